The third-order valence-corrected chi connectivity index (χ3v) is 4.76. The number of carbonyl (C=O) groups excluding carboxylic acids is 1. The van der Waals surface area contributed by atoms with E-state index >= 15 is 0 Å². The molecule has 8 N–H and O–H groups in total. The predicted octanol–water partition coefficient (Wildman–Crippen LogP) is -2.33. The lowest BCUT2D eigenvalue weighted by Gasteiger charge is -2.43. The molecule has 0 spiro atoms. The van der Waals surface area contributed by atoms with Gasteiger partial charge in [-0.2, -0.15) is 0 Å². The fourth-order valence-corrected chi connectivity index (χ4v) is 2.99. The Labute approximate surface area is 160 Å². The number of fused-ring (bicyclic) bond motifs is 1. The summed E-state index contributed by atoms with van der Waals surface area (Å²) < 4.78 is 5.68. The van der Waals surface area contributed by atoms with E-state index in [0.717, 1.165) is 0 Å². The molecule has 2 aromatic rings. The lowest BCUT2D eigenvalue weighted by atomic mass is 9.94. The molecule has 0 aliphatic carbocycles. The molecule has 12 heteroatoms. The maximum absolute atomic E-state index is 12.2. The van der Waals surface area contributed by atoms with Crippen LogP contribution in [0.1, 0.15) is 13.8 Å². The molecule has 0 aromatic carbocycles. The smallest absolute Gasteiger partial charge is 0.237 e. The first-order valence-corrected chi connectivity index (χ1v) is 8.92. The quantitative estimate of drug-likeness (QED) is 0.279. The molecule has 28 heavy (non-hydrogen) atoms. The van der Waals surface area contributed by atoms with Crippen molar-refractivity contribution >= 4 is 22.9 Å². The van der Waals surface area contributed by atoms with E-state index in [2.05, 4.69) is 30.6 Å². The number of hydrogen-bond acceptors (Lipinski definition) is 10. The van der Waals surface area contributed by atoms with Crippen LogP contribution in [0.15, 0.2) is 12.7 Å². The molecule has 3 rings (SSSR count). The Morgan fingerprint density at radius 2 is 2.07 bits per heavy atom. The highest BCUT2D eigenvalue weighted by atomic mass is 16.5. The second kappa shape index (κ2) is 8.32. The lowest BCUT2D eigenvalue weighted by Crippen LogP contribution is -2.67. The standard InChI is InChI=1S/C16H25N7O5/c1-6(2)8(17)15(27)22-9-7(3-24)28-16(12(26)11(9)25)23-14-10-13(19-4-18-10)20-5-21-14/h4-9,11-12,16,24-26H,3,17H2,1-2H3,(H,22,27)(H2,18,19,20,21,23)/t7-,8-,9-,11+,12-,16-/m0/s1. The molecule has 0 unspecified atom stereocenters. The number of H-pyrrole nitrogens is 1. The Bertz CT molecular complexity index is 814. The monoisotopic (exact) mass is 395 g/mol. The van der Waals surface area contributed by atoms with Crippen LogP contribution < -0.4 is 16.4 Å². The summed E-state index contributed by atoms with van der Waals surface area (Å²) in [6.07, 6.45) is -2.17. The zero-order chi connectivity index (χ0) is 20.4. The molecule has 0 saturated carbocycles. The number of hydrogen-bond donors (Lipinski definition) is 7. The minimum atomic E-state index is -1.42. The van der Waals surface area contributed by atoms with Gasteiger partial charge in [-0.25, -0.2) is 15.0 Å². The summed E-state index contributed by atoms with van der Waals surface area (Å²) in [5.74, 6) is -0.322. The molecule has 3 heterocycles. The average molecular weight is 395 g/mol. The summed E-state index contributed by atoms with van der Waals surface area (Å²) in [5.41, 5.74) is 6.73. The number of aliphatic hydroxyl groups excluding tert-OH is 3. The molecule has 2 aromatic heterocycles. The minimum absolute atomic E-state index is 0.122. The van der Waals surface area contributed by atoms with E-state index in [9.17, 15) is 20.1 Å². The third-order valence-electron chi connectivity index (χ3n) is 4.76. The number of nitrogens with zero attached hydrogens (tertiary/aromatic N) is 3. The first kappa shape index (κ1) is 20.4. The topological polar surface area (TPSA) is 192 Å². The molecule has 0 radical (unpaired) electrons. The van der Waals surface area contributed by atoms with Crippen molar-refractivity contribution < 1.29 is 24.9 Å². The number of aromatic amines is 1. The number of amides is 1. The predicted molar refractivity (Wildman–Crippen MR) is 97.8 cm³/mol. The fourth-order valence-electron chi connectivity index (χ4n) is 2.99. The Kier molecular flexibility index (Phi) is 6.05. The molecule has 6 atom stereocenters. The van der Waals surface area contributed by atoms with Gasteiger partial charge < -0.3 is 41.4 Å². The number of nitrogens with two attached hydrogens (primary N) is 1. The van der Waals surface area contributed by atoms with Gasteiger partial charge >= 0.3 is 0 Å². The molecular weight excluding hydrogens is 370 g/mol. The van der Waals surface area contributed by atoms with Gasteiger partial charge in [0.25, 0.3) is 0 Å². The molecule has 1 saturated heterocycles. The second-order valence-corrected chi connectivity index (χ2v) is 7.03. The number of aromatic nitrogens is 4. The van der Waals surface area contributed by atoms with Crippen LogP contribution in [-0.4, -0.2) is 84.4 Å². The van der Waals surface area contributed by atoms with Gasteiger partial charge in [0.1, 0.15) is 30.2 Å². The Morgan fingerprint density at radius 1 is 1.32 bits per heavy atom. The van der Waals surface area contributed by atoms with Gasteiger partial charge in [0.05, 0.1) is 25.0 Å². The van der Waals surface area contributed by atoms with Gasteiger partial charge in [0, 0.05) is 0 Å². The van der Waals surface area contributed by atoms with Crippen LogP contribution in [0.3, 0.4) is 0 Å². The summed E-state index contributed by atoms with van der Waals surface area (Å²) in [5, 5.41) is 36.1. The van der Waals surface area contributed by atoms with E-state index in [4.69, 9.17) is 10.5 Å². The van der Waals surface area contributed by atoms with Crippen LogP contribution in [0.25, 0.3) is 11.2 Å². The van der Waals surface area contributed by atoms with Crippen LogP contribution in [0.2, 0.25) is 0 Å². The number of rotatable bonds is 6. The van der Waals surface area contributed by atoms with E-state index in [1.165, 1.54) is 12.7 Å². The maximum atomic E-state index is 12.2. The number of aliphatic hydroxyl groups is 3. The van der Waals surface area contributed by atoms with Gasteiger partial charge in [0.15, 0.2) is 17.7 Å². The second-order valence-electron chi connectivity index (χ2n) is 7.03. The summed E-state index contributed by atoms with van der Waals surface area (Å²) in [6, 6.07) is -1.83. The molecule has 12 nitrogen and oxygen atoms in total. The number of anilines is 1. The van der Waals surface area contributed by atoms with Crippen molar-refractivity contribution in [2.45, 2.75) is 50.5 Å². The van der Waals surface area contributed by atoms with E-state index < -0.39 is 49.1 Å². The molecular formula is C16H25N7O5. The van der Waals surface area contributed by atoms with Crippen molar-refractivity contribution in [2.24, 2.45) is 11.7 Å². The maximum Gasteiger partial charge on any atom is 0.237 e. The largest absolute Gasteiger partial charge is 0.394 e. The van der Waals surface area contributed by atoms with Crippen LogP contribution >= 0.6 is 0 Å². The van der Waals surface area contributed by atoms with Crippen molar-refractivity contribution in [1.29, 1.82) is 0 Å². The van der Waals surface area contributed by atoms with Gasteiger partial charge in [-0.15, -0.1) is 0 Å². The molecule has 0 bridgehead atoms. The van der Waals surface area contributed by atoms with Crippen LogP contribution in [-0.2, 0) is 9.53 Å². The highest BCUT2D eigenvalue weighted by Crippen LogP contribution is 2.24. The van der Waals surface area contributed by atoms with Crippen LogP contribution in [0.4, 0.5) is 5.82 Å². The van der Waals surface area contributed by atoms with Crippen LogP contribution in [0.5, 0.6) is 0 Å². The third kappa shape index (κ3) is 3.91. The summed E-state index contributed by atoms with van der Waals surface area (Å²) >= 11 is 0. The SMILES string of the molecule is CC(C)[C@H](N)C(=O)N[C@@H]1[C@@H](O)[C@H](O)[C@@H](Nc2ncnc3nc[nH]c23)O[C@H]1CO. The first-order valence-electron chi connectivity index (χ1n) is 8.92. The number of carbonyl (C=O) groups is 1. The van der Waals surface area contributed by atoms with Gasteiger partial charge in [-0.05, 0) is 5.92 Å². The average Bonchev–Trinajstić information content (AvgIpc) is 3.16. The van der Waals surface area contributed by atoms with E-state index in [1.54, 1.807) is 13.8 Å². The van der Waals surface area contributed by atoms with Crippen molar-refractivity contribution in [1.82, 2.24) is 25.3 Å². The zero-order valence-corrected chi connectivity index (χ0v) is 15.5. The normalized spacial score (nSPS) is 29.0. The number of ether oxygens (including phenoxy) is 1. The molecule has 1 amide bonds. The lowest BCUT2D eigenvalue weighted by molar-refractivity contribution is -0.185. The van der Waals surface area contributed by atoms with E-state index in [-0.39, 0.29) is 5.92 Å². The van der Waals surface area contributed by atoms with Crippen molar-refractivity contribution in [2.75, 3.05) is 11.9 Å². The van der Waals surface area contributed by atoms with Crippen LogP contribution in [0, 0.1) is 5.92 Å². The van der Waals surface area contributed by atoms with Crippen molar-refractivity contribution in [3.8, 4) is 0 Å². The number of nitrogens with one attached hydrogen (secondary N) is 3. The van der Waals surface area contributed by atoms with Gasteiger partial charge in [-0.1, -0.05) is 13.8 Å². The first-order chi connectivity index (χ1) is 13.3. The molecule has 154 valence electrons. The highest BCUT2D eigenvalue weighted by molar-refractivity contribution is 5.82. The summed E-state index contributed by atoms with van der Waals surface area (Å²) in [6.45, 7) is 3.08. The van der Waals surface area contributed by atoms with Gasteiger partial charge in [0.2, 0.25) is 5.91 Å². The Balaban J connectivity index is 1.75. The fraction of sp³-hybridized carbons (Fsp3) is 0.625. The molecule has 1 fully saturated rings. The molecule has 1 aliphatic heterocycles. The Morgan fingerprint density at radius 3 is 2.75 bits per heavy atom. The number of imidazole rings is 1. The summed E-state index contributed by atoms with van der Waals surface area (Å²) in [4.78, 5) is 27.2. The Hall–Kier alpha value is -2.38. The van der Waals surface area contributed by atoms with Gasteiger partial charge in [-0.3, -0.25) is 4.79 Å². The minimum Gasteiger partial charge on any atom is -0.394 e. The molecule has 1 aliphatic rings. The van der Waals surface area contributed by atoms with E-state index in [0.29, 0.717) is 17.0 Å². The highest BCUT2D eigenvalue weighted by Gasteiger charge is 2.45. The van der Waals surface area contributed by atoms with E-state index in [1.807, 2.05) is 0 Å². The summed E-state index contributed by atoms with van der Waals surface area (Å²) in [7, 11) is 0. The van der Waals surface area contributed by atoms with Crippen molar-refractivity contribution in [3.05, 3.63) is 12.7 Å². The van der Waals surface area contributed by atoms with Crippen molar-refractivity contribution in [3.63, 3.8) is 0 Å². The zero-order valence-electron chi connectivity index (χ0n) is 15.5.